The Morgan fingerprint density at radius 1 is 1.14 bits per heavy atom. The molecular weight excluding hydrogens is 304 g/mol. The summed E-state index contributed by atoms with van der Waals surface area (Å²) in [5.41, 5.74) is 1.32. The van der Waals surface area contributed by atoms with Gasteiger partial charge in [0.1, 0.15) is 29.1 Å². The minimum absolute atomic E-state index is 0.0696. The second kappa shape index (κ2) is 5.99. The Kier molecular flexibility index (Phi) is 3.89. The molecule has 0 fully saturated rings. The Morgan fingerprint density at radius 3 is 2.64 bits per heavy atom. The summed E-state index contributed by atoms with van der Waals surface area (Å²) in [6.45, 7) is 0.385. The van der Waals surface area contributed by atoms with Crippen LogP contribution in [-0.2, 0) is 6.61 Å². The maximum atomic E-state index is 10.9. The summed E-state index contributed by atoms with van der Waals surface area (Å²) in [5, 5.41) is 11.5. The number of nitro groups is 1. The van der Waals surface area contributed by atoms with E-state index >= 15 is 0 Å². The third-order valence-electron chi connectivity index (χ3n) is 3.21. The Balaban J connectivity index is 1.97. The van der Waals surface area contributed by atoms with Gasteiger partial charge in [0.2, 0.25) is 0 Å². The Bertz CT molecular complexity index is 837. The molecule has 0 radical (unpaired) electrons. The molecule has 22 heavy (non-hydrogen) atoms. The van der Waals surface area contributed by atoms with E-state index in [2.05, 4.69) is 4.98 Å². The molecule has 0 aliphatic carbocycles. The van der Waals surface area contributed by atoms with Crippen LogP contribution in [0.3, 0.4) is 0 Å². The van der Waals surface area contributed by atoms with Crippen molar-refractivity contribution < 1.29 is 9.66 Å². The number of aromatic nitrogens is 1. The summed E-state index contributed by atoms with van der Waals surface area (Å²) >= 11 is 6.09. The van der Waals surface area contributed by atoms with E-state index in [0.29, 0.717) is 23.3 Å². The fourth-order valence-electron chi connectivity index (χ4n) is 2.13. The molecule has 0 amide bonds. The number of pyridine rings is 1. The molecule has 3 rings (SSSR count). The van der Waals surface area contributed by atoms with E-state index in [0.717, 1.165) is 11.8 Å². The van der Waals surface area contributed by atoms with Gasteiger partial charge in [-0.2, -0.15) is 0 Å². The van der Waals surface area contributed by atoms with E-state index in [4.69, 9.17) is 16.3 Å². The smallest absolute Gasteiger partial charge is 0.306 e. The maximum absolute atomic E-state index is 10.9. The van der Waals surface area contributed by atoms with Gasteiger partial charge in [0.05, 0.1) is 4.92 Å². The topological polar surface area (TPSA) is 65.3 Å². The standard InChI is InChI=1S/C16H11ClN2O3/c17-15-12-7-4-8-14(16(12)18-9-13(15)19(20)21)22-10-11-5-2-1-3-6-11/h1-9H,10H2. The lowest BCUT2D eigenvalue weighted by Gasteiger charge is -2.09. The molecule has 110 valence electrons. The van der Waals surface area contributed by atoms with Gasteiger partial charge in [-0.3, -0.25) is 10.1 Å². The molecule has 0 bridgehead atoms. The number of hydrogen-bond donors (Lipinski definition) is 0. The van der Waals surface area contributed by atoms with Gasteiger partial charge in [-0.1, -0.05) is 54.1 Å². The molecule has 5 nitrogen and oxygen atoms in total. The molecular formula is C16H11ClN2O3. The second-order valence-electron chi connectivity index (χ2n) is 4.64. The number of benzene rings is 2. The number of ether oxygens (including phenoxy) is 1. The lowest BCUT2D eigenvalue weighted by atomic mass is 10.2. The van der Waals surface area contributed by atoms with Crippen LogP contribution in [0.15, 0.2) is 54.7 Å². The predicted molar refractivity (Wildman–Crippen MR) is 84.2 cm³/mol. The van der Waals surface area contributed by atoms with Gasteiger partial charge in [-0.15, -0.1) is 0 Å². The van der Waals surface area contributed by atoms with Crippen molar-refractivity contribution in [3.8, 4) is 5.75 Å². The minimum Gasteiger partial charge on any atom is -0.487 e. The second-order valence-corrected chi connectivity index (χ2v) is 5.02. The quantitative estimate of drug-likeness (QED) is 0.529. The van der Waals surface area contributed by atoms with Gasteiger partial charge in [0, 0.05) is 5.39 Å². The summed E-state index contributed by atoms with van der Waals surface area (Å²) in [6.07, 6.45) is 1.15. The predicted octanol–water partition coefficient (Wildman–Crippen LogP) is 4.38. The number of nitrogens with zero attached hydrogens (tertiary/aromatic N) is 2. The van der Waals surface area contributed by atoms with Crippen LogP contribution < -0.4 is 4.74 Å². The van der Waals surface area contributed by atoms with E-state index in [9.17, 15) is 10.1 Å². The Morgan fingerprint density at radius 2 is 1.91 bits per heavy atom. The first-order valence-corrected chi connectivity index (χ1v) is 6.93. The monoisotopic (exact) mass is 314 g/mol. The summed E-state index contributed by atoms with van der Waals surface area (Å²) in [5.74, 6) is 0.540. The minimum atomic E-state index is -0.549. The van der Waals surface area contributed by atoms with Crippen LogP contribution in [-0.4, -0.2) is 9.91 Å². The van der Waals surface area contributed by atoms with Gasteiger partial charge in [0.15, 0.2) is 0 Å². The van der Waals surface area contributed by atoms with Crippen LogP contribution in [0.4, 0.5) is 5.69 Å². The van der Waals surface area contributed by atoms with Gasteiger partial charge in [-0.25, -0.2) is 4.98 Å². The number of hydrogen-bond acceptors (Lipinski definition) is 4. The molecule has 0 aliphatic rings. The van der Waals surface area contributed by atoms with Crippen molar-refractivity contribution in [2.75, 3.05) is 0 Å². The van der Waals surface area contributed by atoms with Crippen molar-refractivity contribution in [3.63, 3.8) is 0 Å². The van der Waals surface area contributed by atoms with E-state index in [1.165, 1.54) is 0 Å². The number of rotatable bonds is 4. The first-order valence-electron chi connectivity index (χ1n) is 6.55. The maximum Gasteiger partial charge on any atom is 0.306 e. The van der Waals surface area contributed by atoms with Crippen molar-refractivity contribution in [2.45, 2.75) is 6.61 Å². The molecule has 0 N–H and O–H groups in total. The normalized spacial score (nSPS) is 10.6. The third kappa shape index (κ3) is 2.71. The summed E-state index contributed by atoms with van der Waals surface area (Å²) < 4.78 is 5.77. The average molecular weight is 315 g/mol. The summed E-state index contributed by atoms with van der Waals surface area (Å²) in [7, 11) is 0. The van der Waals surface area contributed by atoms with Crippen LogP contribution in [0, 0.1) is 10.1 Å². The fraction of sp³-hybridized carbons (Fsp3) is 0.0625. The van der Waals surface area contributed by atoms with Crippen LogP contribution >= 0.6 is 11.6 Å². The van der Waals surface area contributed by atoms with Crippen molar-refractivity contribution >= 4 is 28.2 Å². The SMILES string of the molecule is O=[N+]([O-])c1cnc2c(OCc3ccccc3)cccc2c1Cl. The lowest BCUT2D eigenvalue weighted by molar-refractivity contribution is -0.384. The van der Waals surface area contributed by atoms with Gasteiger partial charge in [0.25, 0.3) is 0 Å². The van der Waals surface area contributed by atoms with Crippen molar-refractivity contribution in [2.24, 2.45) is 0 Å². The molecule has 6 heteroatoms. The molecule has 2 aromatic carbocycles. The van der Waals surface area contributed by atoms with Crippen LogP contribution in [0.5, 0.6) is 5.75 Å². The highest BCUT2D eigenvalue weighted by Crippen LogP contribution is 2.34. The van der Waals surface area contributed by atoms with Crippen molar-refractivity contribution in [3.05, 3.63) is 75.4 Å². The lowest BCUT2D eigenvalue weighted by Crippen LogP contribution is -1.98. The summed E-state index contributed by atoms with van der Waals surface area (Å²) in [4.78, 5) is 14.5. The third-order valence-corrected chi connectivity index (χ3v) is 3.61. The largest absolute Gasteiger partial charge is 0.487 e. The van der Waals surface area contributed by atoms with E-state index in [1.54, 1.807) is 18.2 Å². The molecule has 1 heterocycles. The molecule has 1 aromatic heterocycles. The number of fused-ring (bicyclic) bond motifs is 1. The van der Waals surface area contributed by atoms with E-state index < -0.39 is 4.92 Å². The average Bonchev–Trinajstić information content (AvgIpc) is 2.54. The van der Waals surface area contributed by atoms with Gasteiger partial charge in [-0.05, 0) is 11.6 Å². The van der Waals surface area contributed by atoms with Crippen LogP contribution in [0.2, 0.25) is 5.02 Å². The number of halogens is 1. The highest BCUT2D eigenvalue weighted by atomic mass is 35.5. The zero-order chi connectivity index (χ0) is 15.5. The molecule has 0 saturated heterocycles. The van der Waals surface area contributed by atoms with Gasteiger partial charge < -0.3 is 4.74 Å². The number of para-hydroxylation sites is 1. The first-order chi connectivity index (χ1) is 10.7. The van der Waals surface area contributed by atoms with Crippen molar-refractivity contribution in [1.29, 1.82) is 0 Å². The highest BCUT2D eigenvalue weighted by molar-refractivity contribution is 6.37. The zero-order valence-electron chi connectivity index (χ0n) is 11.4. The Labute approximate surface area is 131 Å². The van der Waals surface area contributed by atoms with Crippen LogP contribution in [0.1, 0.15) is 5.56 Å². The molecule has 0 saturated carbocycles. The van der Waals surface area contributed by atoms with Crippen molar-refractivity contribution in [1.82, 2.24) is 4.98 Å². The van der Waals surface area contributed by atoms with Gasteiger partial charge >= 0.3 is 5.69 Å². The molecule has 0 aliphatic heterocycles. The summed E-state index contributed by atoms with van der Waals surface area (Å²) in [6, 6.07) is 14.9. The fourth-order valence-corrected chi connectivity index (χ4v) is 2.40. The van der Waals surface area contributed by atoms with E-state index in [-0.39, 0.29) is 10.7 Å². The molecule has 0 atom stereocenters. The Hall–Kier alpha value is -2.66. The molecule has 0 spiro atoms. The highest BCUT2D eigenvalue weighted by Gasteiger charge is 2.17. The molecule has 0 unspecified atom stereocenters. The molecule has 3 aromatic rings. The zero-order valence-corrected chi connectivity index (χ0v) is 12.2. The van der Waals surface area contributed by atoms with E-state index in [1.807, 2.05) is 30.3 Å². The first kappa shape index (κ1) is 14.3. The van der Waals surface area contributed by atoms with Crippen LogP contribution in [0.25, 0.3) is 10.9 Å².